The van der Waals surface area contributed by atoms with Gasteiger partial charge in [0.2, 0.25) is 23.6 Å². The van der Waals surface area contributed by atoms with Crippen molar-refractivity contribution in [1.29, 1.82) is 0 Å². The number of hydrogen-bond acceptors (Lipinski definition) is 6. The lowest BCUT2D eigenvalue weighted by molar-refractivity contribution is -0.145. The number of nitrogens with two attached hydrogens (primary N) is 1. The highest BCUT2D eigenvalue weighted by Crippen LogP contribution is 2.16. The molecule has 0 aromatic rings. The van der Waals surface area contributed by atoms with Crippen LogP contribution in [-0.4, -0.2) is 118 Å². The molecule has 4 amide bonds. The van der Waals surface area contributed by atoms with Gasteiger partial charge < -0.3 is 25.5 Å². The number of amides is 4. The number of aliphatic hydroxyl groups is 1. The summed E-state index contributed by atoms with van der Waals surface area (Å²) < 4.78 is 1.19. The van der Waals surface area contributed by atoms with Gasteiger partial charge in [-0.25, -0.2) is 0 Å². The molecule has 0 aromatic heterocycles. The van der Waals surface area contributed by atoms with Crippen molar-refractivity contribution in [2.45, 2.75) is 150 Å². The van der Waals surface area contributed by atoms with Crippen LogP contribution in [0.15, 0.2) is 0 Å². The maximum atomic E-state index is 14.1. The van der Waals surface area contributed by atoms with E-state index >= 15 is 0 Å². The third kappa shape index (κ3) is 25.5. The summed E-state index contributed by atoms with van der Waals surface area (Å²) in [5.41, 5.74) is 5.57. The van der Waals surface area contributed by atoms with Crippen molar-refractivity contribution in [2.75, 3.05) is 69.9 Å². The second kappa shape index (κ2) is 33.4. The van der Waals surface area contributed by atoms with Crippen LogP contribution in [0.1, 0.15) is 150 Å². The average molecular weight is 822 g/mol. The van der Waals surface area contributed by atoms with Crippen LogP contribution in [0.2, 0.25) is 0 Å². The van der Waals surface area contributed by atoms with Gasteiger partial charge in [0.05, 0.1) is 32.8 Å². The van der Waals surface area contributed by atoms with Gasteiger partial charge in [0.15, 0.2) is 0 Å². The van der Waals surface area contributed by atoms with Crippen LogP contribution in [0.3, 0.4) is 0 Å². The smallest absolute Gasteiger partial charge is 0.242 e. The van der Waals surface area contributed by atoms with Crippen LogP contribution < -0.4 is 5.73 Å². The molecule has 0 aromatic carbocycles. The second-order valence-corrected chi connectivity index (χ2v) is 15.1. The van der Waals surface area contributed by atoms with E-state index in [9.17, 15) is 24.3 Å². The molecule has 3 N–H and O–H groups in total. The zero-order valence-corrected chi connectivity index (χ0v) is 34.8. The fourth-order valence-corrected chi connectivity index (χ4v) is 6.82. The van der Waals surface area contributed by atoms with Crippen LogP contribution in [0.5, 0.6) is 0 Å². The molecule has 10 nitrogen and oxygen atoms in total. The maximum absolute atomic E-state index is 14.1. The standard InChI is InChI=1S/C39H76IN5O5/c1-5-9-11-12-13-16-20-23-27-44(37(48)32-42(8-4)28-29-46)33-39(50)45(30-35(7-3)24-10-6-2)34-38(49)43(31-36(41)47)26-22-19-17-14-15-18-21-25-40/h35,46H,5-34H2,1-4H3,(H2,41,47). The van der Waals surface area contributed by atoms with Crippen molar-refractivity contribution in [3.8, 4) is 0 Å². The third-order valence-electron chi connectivity index (χ3n) is 9.64. The summed E-state index contributed by atoms with van der Waals surface area (Å²) in [5.74, 6) is -0.969. The average Bonchev–Trinajstić information content (AvgIpc) is 3.10. The Morgan fingerprint density at radius 2 is 1.04 bits per heavy atom. The minimum Gasteiger partial charge on any atom is -0.395 e. The Labute approximate surface area is 320 Å². The quantitative estimate of drug-likeness (QED) is 0.0412. The third-order valence-corrected chi connectivity index (χ3v) is 10.4. The zero-order valence-electron chi connectivity index (χ0n) is 32.6. The minimum absolute atomic E-state index is 0.0371. The molecule has 0 aliphatic carbocycles. The Kier molecular flexibility index (Phi) is 32.4. The summed E-state index contributed by atoms with van der Waals surface area (Å²) >= 11 is 2.41. The molecule has 0 heterocycles. The van der Waals surface area contributed by atoms with Gasteiger partial charge in [-0.05, 0) is 42.6 Å². The largest absolute Gasteiger partial charge is 0.395 e. The van der Waals surface area contributed by atoms with Gasteiger partial charge in [-0.15, -0.1) is 0 Å². The summed E-state index contributed by atoms with van der Waals surface area (Å²) in [6.45, 7) is 10.5. The summed E-state index contributed by atoms with van der Waals surface area (Å²) in [7, 11) is 0. The Morgan fingerprint density at radius 1 is 0.580 bits per heavy atom. The van der Waals surface area contributed by atoms with Crippen molar-refractivity contribution >= 4 is 46.2 Å². The molecule has 1 unspecified atom stereocenters. The predicted octanol–water partition coefficient (Wildman–Crippen LogP) is 6.79. The van der Waals surface area contributed by atoms with Gasteiger partial charge in [-0.2, -0.15) is 0 Å². The van der Waals surface area contributed by atoms with Crippen LogP contribution in [0, 0.1) is 5.92 Å². The van der Waals surface area contributed by atoms with E-state index in [1.807, 2.05) is 11.8 Å². The molecule has 0 spiro atoms. The number of rotatable bonds is 35. The number of halogens is 1. The first kappa shape index (κ1) is 48.5. The zero-order chi connectivity index (χ0) is 37.4. The van der Waals surface area contributed by atoms with Gasteiger partial charge >= 0.3 is 0 Å². The summed E-state index contributed by atoms with van der Waals surface area (Å²) in [6, 6.07) is 0. The van der Waals surface area contributed by atoms with Crippen molar-refractivity contribution in [3.05, 3.63) is 0 Å². The highest BCUT2D eigenvalue weighted by Gasteiger charge is 2.27. The summed E-state index contributed by atoms with van der Waals surface area (Å²) in [4.78, 5) is 60.1. The Morgan fingerprint density at radius 3 is 1.52 bits per heavy atom. The SMILES string of the molecule is CCCCCCCCCCN(CC(=O)N(CC(=O)N(CCCCCCCCCI)CC(N)=O)CC(CC)CCCC)C(=O)CN(CC)CCO. The lowest BCUT2D eigenvalue weighted by Gasteiger charge is -2.32. The number of hydrogen-bond donors (Lipinski definition) is 2. The molecule has 1 atom stereocenters. The molecule has 0 bridgehead atoms. The number of carbonyl (C=O) groups excluding carboxylic acids is 4. The fraction of sp³-hybridized carbons (Fsp3) is 0.897. The maximum Gasteiger partial charge on any atom is 0.242 e. The minimum atomic E-state index is -0.560. The van der Waals surface area contributed by atoms with Gasteiger partial charge in [0.25, 0.3) is 0 Å². The Bertz CT molecular complexity index is 880. The summed E-state index contributed by atoms with van der Waals surface area (Å²) in [5, 5.41) is 9.50. The van der Waals surface area contributed by atoms with E-state index in [4.69, 9.17) is 5.73 Å². The number of carbonyl (C=O) groups is 4. The number of aliphatic hydroxyl groups excluding tert-OH is 1. The Balaban J connectivity index is 5.80. The van der Waals surface area contributed by atoms with Crippen LogP contribution in [-0.2, 0) is 19.2 Å². The van der Waals surface area contributed by atoms with E-state index in [0.29, 0.717) is 32.7 Å². The monoisotopic (exact) mass is 821 g/mol. The topological polar surface area (TPSA) is 127 Å². The molecule has 294 valence electrons. The van der Waals surface area contributed by atoms with Crippen molar-refractivity contribution in [1.82, 2.24) is 19.6 Å². The number of unbranched alkanes of at least 4 members (excludes halogenated alkanes) is 14. The molecule has 0 aliphatic rings. The fourth-order valence-electron chi connectivity index (χ4n) is 6.28. The highest BCUT2D eigenvalue weighted by atomic mass is 127. The van der Waals surface area contributed by atoms with E-state index < -0.39 is 5.91 Å². The van der Waals surface area contributed by atoms with E-state index in [0.717, 1.165) is 64.2 Å². The molecule has 0 rings (SSSR count). The van der Waals surface area contributed by atoms with Crippen molar-refractivity contribution in [2.24, 2.45) is 11.7 Å². The number of primary amides is 1. The molecule has 0 aliphatic heterocycles. The second-order valence-electron chi connectivity index (χ2n) is 14.0. The normalized spacial score (nSPS) is 11.9. The predicted molar refractivity (Wildman–Crippen MR) is 215 cm³/mol. The van der Waals surface area contributed by atoms with E-state index in [1.165, 1.54) is 67.1 Å². The molecule has 11 heteroatoms. The Hall–Kier alpha value is -1.47. The molecule has 50 heavy (non-hydrogen) atoms. The van der Waals surface area contributed by atoms with Crippen molar-refractivity contribution in [3.63, 3.8) is 0 Å². The molecular formula is C39H76IN5O5. The highest BCUT2D eigenvalue weighted by molar-refractivity contribution is 14.1. The van der Waals surface area contributed by atoms with Gasteiger partial charge in [0, 0.05) is 26.2 Å². The van der Waals surface area contributed by atoms with E-state index in [-0.39, 0.29) is 56.4 Å². The number of alkyl halides is 1. The van der Waals surface area contributed by atoms with E-state index in [1.54, 1.807) is 9.80 Å². The number of nitrogens with zero attached hydrogens (tertiary/aromatic N) is 4. The number of likely N-dealkylation sites (N-methyl/N-ethyl adjacent to an activating group) is 1. The van der Waals surface area contributed by atoms with Gasteiger partial charge in [-0.1, -0.05) is 147 Å². The molecular weight excluding hydrogens is 745 g/mol. The lowest BCUT2D eigenvalue weighted by Crippen LogP contribution is -2.51. The summed E-state index contributed by atoms with van der Waals surface area (Å²) in [6.07, 6.45) is 20.8. The lowest BCUT2D eigenvalue weighted by atomic mass is 9.98. The van der Waals surface area contributed by atoms with E-state index in [2.05, 4.69) is 43.4 Å². The first-order valence-corrected chi connectivity index (χ1v) is 21.7. The van der Waals surface area contributed by atoms with Gasteiger partial charge in [-0.3, -0.25) is 24.1 Å². The van der Waals surface area contributed by atoms with Crippen LogP contribution in [0.4, 0.5) is 0 Å². The molecule has 0 saturated carbocycles. The van der Waals surface area contributed by atoms with Crippen LogP contribution in [0.25, 0.3) is 0 Å². The van der Waals surface area contributed by atoms with Crippen LogP contribution >= 0.6 is 22.6 Å². The molecule has 0 radical (unpaired) electrons. The first-order chi connectivity index (χ1) is 24.2. The van der Waals surface area contributed by atoms with Gasteiger partial charge in [0.1, 0.15) is 0 Å². The van der Waals surface area contributed by atoms with Crippen molar-refractivity contribution < 1.29 is 24.3 Å². The first-order valence-electron chi connectivity index (χ1n) is 20.2. The molecule has 0 saturated heterocycles. The molecule has 0 fully saturated rings.